The zero-order chi connectivity index (χ0) is 15.3. The Morgan fingerprint density at radius 1 is 1.10 bits per heavy atom. The second-order valence-electron chi connectivity index (χ2n) is 6.22. The minimum absolute atomic E-state index is 0.139. The maximum Gasteiger partial charge on any atom is 0.235 e. The molecule has 0 aromatic heterocycles. The summed E-state index contributed by atoms with van der Waals surface area (Å²) in [6, 6.07) is 0. The molecule has 2 aliphatic rings. The molecule has 1 aliphatic carbocycles. The second kappa shape index (κ2) is 7.51. The lowest BCUT2D eigenvalue weighted by Crippen LogP contribution is -2.56. The second-order valence-corrected chi connectivity index (χ2v) is 6.66. The molecule has 0 aromatic rings. The Kier molecular flexibility index (Phi) is 5.96. The summed E-state index contributed by atoms with van der Waals surface area (Å²) >= 11 is 5.28. The SMILES string of the molecule is NC(=S)C1(C(=O)N2CCN(CCO)CC2)CCCCCC1. The van der Waals surface area contributed by atoms with Gasteiger partial charge in [0.05, 0.1) is 17.0 Å². The van der Waals surface area contributed by atoms with E-state index < -0.39 is 5.41 Å². The van der Waals surface area contributed by atoms with E-state index in [1.807, 2.05) is 4.90 Å². The summed E-state index contributed by atoms with van der Waals surface area (Å²) in [7, 11) is 0. The summed E-state index contributed by atoms with van der Waals surface area (Å²) in [6.07, 6.45) is 6.01. The first kappa shape index (κ1) is 16.6. The van der Waals surface area contributed by atoms with E-state index in [2.05, 4.69) is 4.90 Å². The maximum absolute atomic E-state index is 13.0. The molecule has 6 heteroatoms. The average Bonchev–Trinajstić information content (AvgIpc) is 2.74. The standard InChI is InChI=1S/C15H27N3O2S/c16-13(21)15(5-3-1-2-4-6-15)14(20)18-9-7-17(8-10-18)11-12-19/h19H,1-12H2,(H2,16,21). The number of nitrogens with zero attached hydrogens (tertiary/aromatic N) is 2. The van der Waals surface area contributed by atoms with Gasteiger partial charge in [0.25, 0.3) is 0 Å². The van der Waals surface area contributed by atoms with Crippen molar-refractivity contribution in [3.05, 3.63) is 0 Å². The molecule has 120 valence electrons. The minimum Gasteiger partial charge on any atom is -0.395 e. The highest BCUT2D eigenvalue weighted by atomic mass is 32.1. The van der Waals surface area contributed by atoms with Gasteiger partial charge in [-0.25, -0.2) is 0 Å². The monoisotopic (exact) mass is 313 g/mol. The fourth-order valence-corrected chi connectivity index (χ4v) is 3.81. The molecule has 0 atom stereocenters. The first-order chi connectivity index (χ1) is 10.1. The van der Waals surface area contributed by atoms with Crippen LogP contribution in [-0.2, 0) is 4.79 Å². The Bertz CT molecular complexity index is 373. The summed E-state index contributed by atoms with van der Waals surface area (Å²) in [6.45, 7) is 3.92. The number of carbonyl (C=O) groups excluding carboxylic acids is 1. The van der Waals surface area contributed by atoms with Crippen LogP contribution in [0.25, 0.3) is 0 Å². The van der Waals surface area contributed by atoms with Crippen molar-refractivity contribution in [2.75, 3.05) is 39.3 Å². The van der Waals surface area contributed by atoms with Crippen LogP contribution in [0.2, 0.25) is 0 Å². The molecule has 1 aliphatic heterocycles. The van der Waals surface area contributed by atoms with E-state index in [4.69, 9.17) is 23.1 Å². The highest BCUT2D eigenvalue weighted by molar-refractivity contribution is 7.80. The summed E-state index contributed by atoms with van der Waals surface area (Å²) in [5, 5.41) is 8.99. The van der Waals surface area contributed by atoms with Gasteiger partial charge < -0.3 is 15.7 Å². The number of nitrogens with two attached hydrogens (primary N) is 1. The van der Waals surface area contributed by atoms with Gasteiger partial charge in [-0.3, -0.25) is 9.69 Å². The number of piperazine rings is 1. The molecule has 1 saturated carbocycles. The molecule has 3 N–H and O–H groups in total. The molecule has 2 fully saturated rings. The van der Waals surface area contributed by atoms with Gasteiger partial charge in [0.15, 0.2) is 0 Å². The molecule has 1 heterocycles. The van der Waals surface area contributed by atoms with Crippen LogP contribution in [0.4, 0.5) is 0 Å². The van der Waals surface area contributed by atoms with Crippen molar-refractivity contribution < 1.29 is 9.90 Å². The molecule has 1 saturated heterocycles. The number of thiocarbonyl (C=S) groups is 1. The number of amides is 1. The highest BCUT2D eigenvalue weighted by Gasteiger charge is 2.44. The van der Waals surface area contributed by atoms with Crippen LogP contribution in [0.15, 0.2) is 0 Å². The predicted octanol–water partition coefficient (Wildman–Crippen LogP) is 0.750. The van der Waals surface area contributed by atoms with Crippen molar-refractivity contribution in [3.63, 3.8) is 0 Å². The van der Waals surface area contributed by atoms with Gasteiger partial charge in [-0.15, -0.1) is 0 Å². The van der Waals surface area contributed by atoms with Crippen LogP contribution in [-0.4, -0.2) is 65.1 Å². The zero-order valence-corrected chi connectivity index (χ0v) is 13.5. The van der Waals surface area contributed by atoms with Gasteiger partial charge in [0.2, 0.25) is 5.91 Å². The van der Waals surface area contributed by atoms with Gasteiger partial charge in [-0.2, -0.15) is 0 Å². The van der Waals surface area contributed by atoms with Crippen molar-refractivity contribution in [1.82, 2.24) is 9.80 Å². The fourth-order valence-electron chi connectivity index (χ4n) is 3.52. The van der Waals surface area contributed by atoms with Gasteiger partial charge in [-0.05, 0) is 12.8 Å². The first-order valence-electron chi connectivity index (χ1n) is 8.03. The van der Waals surface area contributed by atoms with Crippen LogP contribution >= 0.6 is 12.2 Å². The topological polar surface area (TPSA) is 69.8 Å². The van der Waals surface area contributed by atoms with E-state index in [9.17, 15) is 4.79 Å². The van der Waals surface area contributed by atoms with E-state index in [1.165, 1.54) is 12.8 Å². The maximum atomic E-state index is 13.0. The van der Waals surface area contributed by atoms with E-state index in [0.29, 0.717) is 24.6 Å². The van der Waals surface area contributed by atoms with Crippen molar-refractivity contribution in [2.45, 2.75) is 38.5 Å². The Hall–Kier alpha value is -0.720. The summed E-state index contributed by atoms with van der Waals surface area (Å²) < 4.78 is 0. The number of rotatable bonds is 4. The van der Waals surface area contributed by atoms with Crippen LogP contribution in [0.3, 0.4) is 0 Å². The number of hydrogen-bond acceptors (Lipinski definition) is 4. The molecule has 0 spiro atoms. The van der Waals surface area contributed by atoms with E-state index in [-0.39, 0.29) is 12.5 Å². The average molecular weight is 313 g/mol. The molecule has 0 unspecified atom stereocenters. The fraction of sp³-hybridized carbons (Fsp3) is 0.867. The Morgan fingerprint density at radius 3 is 2.14 bits per heavy atom. The summed E-state index contributed by atoms with van der Waals surface area (Å²) in [5.74, 6) is 0.139. The molecule has 5 nitrogen and oxygen atoms in total. The first-order valence-corrected chi connectivity index (χ1v) is 8.43. The quantitative estimate of drug-likeness (QED) is 0.592. The summed E-state index contributed by atoms with van der Waals surface area (Å²) in [5.41, 5.74) is 5.39. The van der Waals surface area contributed by atoms with Crippen LogP contribution in [0.5, 0.6) is 0 Å². The van der Waals surface area contributed by atoms with Gasteiger partial charge in [0, 0.05) is 32.7 Å². The van der Waals surface area contributed by atoms with E-state index in [1.54, 1.807) is 0 Å². The van der Waals surface area contributed by atoms with Crippen LogP contribution in [0.1, 0.15) is 38.5 Å². The van der Waals surface area contributed by atoms with E-state index >= 15 is 0 Å². The van der Waals surface area contributed by atoms with Crippen LogP contribution < -0.4 is 5.73 Å². The minimum atomic E-state index is -0.606. The molecule has 0 aromatic carbocycles. The lowest BCUT2D eigenvalue weighted by atomic mass is 9.78. The number of aliphatic hydroxyl groups is 1. The number of hydrogen-bond donors (Lipinski definition) is 2. The Morgan fingerprint density at radius 2 is 1.67 bits per heavy atom. The lowest BCUT2D eigenvalue weighted by molar-refractivity contribution is -0.140. The number of β-amino-alcohol motifs (C(OH)–C–C–N with tert-alkyl or cyclic N) is 1. The normalized spacial score (nSPS) is 23.6. The Labute approximate surface area is 132 Å². The molecule has 21 heavy (non-hydrogen) atoms. The smallest absolute Gasteiger partial charge is 0.235 e. The van der Waals surface area contributed by atoms with Crippen molar-refractivity contribution in [3.8, 4) is 0 Å². The molecule has 1 amide bonds. The van der Waals surface area contributed by atoms with Crippen molar-refractivity contribution in [1.29, 1.82) is 0 Å². The number of carbonyl (C=O) groups is 1. The molecule has 0 bridgehead atoms. The molecule has 0 radical (unpaired) electrons. The molecular formula is C15H27N3O2S. The lowest BCUT2D eigenvalue weighted by Gasteiger charge is -2.40. The molecule has 2 rings (SSSR count). The number of aliphatic hydroxyl groups excluding tert-OH is 1. The third kappa shape index (κ3) is 3.73. The Balaban J connectivity index is 2.04. The largest absolute Gasteiger partial charge is 0.395 e. The van der Waals surface area contributed by atoms with E-state index in [0.717, 1.165) is 38.8 Å². The molecular weight excluding hydrogens is 286 g/mol. The van der Waals surface area contributed by atoms with Crippen molar-refractivity contribution >= 4 is 23.1 Å². The predicted molar refractivity (Wildman–Crippen MR) is 87.0 cm³/mol. The van der Waals surface area contributed by atoms with Crippen molar-refractivity contribution in [2.24, 2.45) is 11.1 Å². The van der Waals surface area contributed by atoms with Gasteiger partial charge in [0.1, 0.15) is 0 Å². The van der Waals surface area contributed by atoms with Gasteiger partial charge in [-0.1, -0.05) is 37.9 Å². The van der Waals surface area contributed by atoms with Gasteiger partial charge >= 0.3 is 0 Å². The third-order valence-corrected chi connectivity index (χ3v) is 5.30. The summed E-state index contributed by atoms with van der Waals surface area (Å²) in [4.78, 5) is 17.5. The zero-order valence-electron chi connectivity index (χ0n) is 12.7. The third-order valence-electron chi connectivity index (χ3n) is 4.91. The van der Waals surface area contributed by atoms with Crippen LogP contribution in [0, 0.1) is 5.41 Å². The highest BCUT2D eigenvalue weighted by Crippen LogP contribution is 2.37.